The number of hydrogen-bond donors (Lipinski definition) is 2. The third-order valence-corrected chi connectivity index (χ3v) is 4.72. The van der Waals surface area contributed by atoms with Crippen LogP contribution >= 0.6 is 11.6 Å². The minimum atomic E-state index is -1.10. The third kappa shape index (κ3) is 4.11. The van der Waals surface area contributed by atoms with Gasteiger partial charge in [0, 0.05) is 5.69 Å². The van der Waals surface area contributed by atoms with Crippen LogP contribution < -0.4 is 10.6 Å². The van der Waals surface area contributed by atoms with Crippen LogP contribution in [0.5, 0.6) is 0 Å². The molecule has 2 aromatic rings. The molecule has 0 heterocycles. The Kier molecular flexibility index (Phi) is 5.46. The fraction of sp³-hybridized carbons (Fsp3) is 0.250. The van der Waals surface area contributed by atoms with Crippen LogP contribution in [0.25, 0.3) is 0 Å². The van der Waals surface area contributed by atoms with Crippen molar-refractivity contribution in [1.82, 2.24) is 0 Å². The van der Waals surface area contributed by atoms with E-state index in [1.54, 1.807) is 55.5 Å². The quantitative estimate of drug-likeness (QED) is 0.583. The average Bonchev–Trinajstić information content (AvgIpc) is 3.46. The summed E-state index contributed by atoms with van der Waals surface area (Å²) in [6, 6.07) is 13.2. The zero-order valence-electron chi connectivity index (χ0n) is 14.8. The Labute approximate surface area is 161 Å². The van der Waals surface area contributed by atoms with Gasteiger partial charge in [-0.1, -0.05) is 23.7 Å². The molecule has 0 unspecified atom stereocenters. The summed E-state index contributed by atoms with van der Waals surface area (Å²) in [6.07, 6.45) is 0.937. The molecule has 0 aromatic heterocycles. The highest BCUT2D eigenvalue weighted by Crippen LogP contribution is 2.47. The lowest BCUT2D eigenvalue weighted by molar-refractivity contribution is -0.131. The first-order chi connectivity index (χ1) is 13.0. The number of nitrogens with one attached hydrogen (secondary N) is 2. The molecule has 0 aliphatic heterocycles. The highest BCUT2D eigenvalue weighted by molar-refractivity contribution is 6.34. The predicted molar refractivity (Wildman–Crippen MR) is 103 cm³/mol. The van der Waals surface area contributed by atoms with E-state index < -0.39 is 11.4 Å². The smallest absolute Gasteiger partial charge is 0.338 e. The highest BCUT2D eigenvalue weighted by Gasteiger charge is 2.56. The number of ether oxygens (including phenoxy) is 1. The number of esters is 1. The van der Waals surface area contributed by atoms with Crippen LogP contribution in [0, 0.1) is 5.41 Å². The van der Waals surface area contributed by atoms with Crippen molar-refractivity contribution in [2.24, 2.45) is 5.41 Å². The molecule has 1 aliphatic rings. The van der Waals surface area contributed by atoms with Gasteiger partial charge in [0.2, 0.25) is 11.8 Å². The summed E-state index contributed by atoms with van der Waals surface area (Å²) in [5.74, 6) is -1.18. The summed E-state index contributed by atoms with van der Waals surface area (Å²) in [5, 5.41) is 5.88. The zero-order chi connectivity index (χ0) is 19.4. The molecule has 1 saturated carbocycles. The Morgan fingerprint density at radius 1 is 1.00 bits per heavy atom. The maximum absolute atomic E-state index is 12.6. The van der Waals surface area contributed by atoms with E-state index in [9.17, 15) is 14.4 Å². The Hall–Kier alpha value is -2.86. The number of amides is 2. The normalized spacial score (nSPS) is 14.1. The van der Waals surface area contributed by atoms with Gasteiger partial charge in [-0.2, -0.15) is 0 Å². The second-order valence-corrected chi connectivity index (χ2v) is 6.68. The fourth-order valence-corrected chi connectivity index (χ4v) is 2.82. The molecule has 6 nitrogen and oxygen atoms in total. The van der Waals surface area contributed by atoms with Gasteiger partial charge in [-0.25, -0.2) is 4.79 Å². The summed E-state index contributed by atoms with van der Waals surface area (Å²) in [4.78, 5) is 36.9. The van der Waals surface area contributed by atoms with Gasteiger partial charge in [0.15, 0.2) is 0 Å². The maximum Gasteiger partial charge on any atom is 0.338 e. The standard InChI is InChI=1S/C20H19ClN2O4/c1-2-27-17(24)13-7-9-14(10-8-13)22-18(25)20(11-12-20)19(26)23-16-6-4-3-5-15(16)21/h3-10H,2,11-12H2,1H3,(H,22,25)(H,23,26). The summed E-state index contributed by atoms with van der Waals surface area (Å²) in [5.41, 5.74) is 0.276. The minimum absolute atomic E-state index is 0.292. The summed E-state index contributed by atoms with van der Waals surface area (Å²) < 4.78 is 4.92. The van der Waals surface area contributed by atoms with Crippen LogP contribution in [-0.4, -0.2) is 24.4 Å². The van der Waals surface area contributed by atoms with E-state index in [2.05, 4.69) is 10.6 Å². The lowest BCUT2D eigenvalue weighted by Crippen LogP contribution is -2.35. The molecule has 3 rings (SSSR count). The molecule has 2 N–H and O–H groups in total. The molecular weight excluding hydrogens is 368 g/mol. The highest BCUT2D eigenvalue weighted by atomic mass is 35.5. The fourth-order valence-electron chi connectivity index (χ4n) is 2.64. The molecule has 0 spiro atoms. The predicted octanol–water partition coefficient (Wildman–Crippen LogP) is 3.87. The van der Waals surface area contributed by atoms with Crippen molar-refractivity contribution < 1.29 is 19.1 Å². The molecule has 1 aliphatic carbocycles. The van der Waals surface area contributed by atoms with Crippen LogP contribution in [0.2, 0.25) is 5.02 Å². The molecular formula is C20H19ClN2O4. The largest absolute Gasteiger partial charge is 0.462 e. The molecule has 1 fully saturated rings. The van der Waals surface area contributed by atoms with Gasteiger partial charge in [0.1, 0.15) is 5.41 Å². The van der Waals surface area contributed by atoms with Gasteiger partial charge < -0.3 is 15.4 Å². The summed E-state index contributed by atoms with van der Waals surface area (Å²) in [7, 11) is 0. The first-order valence-electron chi connectivity index (χ1n) is 8.61. The van der Waals surface area contributed by atoms with Gasteiger partial charge >= 0.3 is 5.97 Å². The van der Waals surface area contributed by atoms with Crippen molar-refractivity contribution in [2.75, 3.05) is 17.2 Å². The molecule has 0 atom stereocenters. The number of carbonyl (C=O) groups excluding carboxylic acids is 3. The minimum Gasteiger partial charge on any atom is -0.462 e. The second kappa shape index (κ2) is 7.80. The second-order valence-electron chi connectivity index (χ2n) is 6.27. The number of para-hydroxylation sites is 1. The van der Waals surface area contributed by atoms with Crippen molar-refractivity contribution in [3.05, 3.63) is 59.1 Å². The number of rotatable bonds is 6. The van der Waals surface area contributed by atoms with E-state index >= 15 is 0 Å². The van der Waals surface area contributed by atoms with Gasteiger partial charge in [-0.05, 0) is 56.2 Å². The van der Waals surface area contributed by atoms with E-state index in [-0.39, 0.29) is 11.8 Å². The maximum atomic E-state index is 12.6. The zero-order valence-corrected chi connectivity index (χ0v) is 15.5. The van der Waals surface area contributed by atoms with Crippen molar-refractivity contribution >= 4 is 40.8 Å². The number of carbonyl (C=O) groups is 3. The summed E-state index contributed by atoms with van der Waals surface area (Å²) >= 11 is 6.06. The van der Waals surface area contributed by atoms with Crippen molar-refractivity contribution in [3.63, 3.8) is 0 Å². The van der Waals surface area contributed by atoms with Crippen LogP contribution in [0.4, 0.5) is 11.4 Å². The van der Waals surface area contributed by atoms with Crippen molar-refractivity contribution in [1.29, 1.82) is 0 Å². The Balaban J connectivity index is 1.66. The van der Waals surface area contributed by atoms with Crippen molar-refractivity contribution in [3.8, 4) is 0 Å². The molecule has 0 saturated heterocycles. The number of hydrogen-bond acceptors (Lipinski definition) is 4. The van der Waals surface area contributed by atoms with Crippen LogP contribution in [0.3, 0.4) is 0 Å². The molecule has 140 valence electrons. The molecule has 7 heteroatoms. The Morgan fingerprint density at radius 3 is 2.22 bits per heavy atom. The van der Waals surface area contributed by atoms with E-state index in [1.807, 2.05) is 0 Å². The van der Waals surface area contributed by atoms with Gasteiger partial charge in [-0.3, -0.25) is 9.59 Å². The number of halogens is 1. The first kappa shape index (κ1) is 18.9. The van der Waals surface area contributed by atoms with Crippen LogP contribution in [0.15, 0.2) is 48.5 Å². The van der Waals surface area contributed by atoms with Crippen LogP contribution in [0.1, 0.15) is 30.1 Å². The number of anilines is 2. The SMILES string of the molecule is CCOC(=O)c1ccc(NC(=O)C2(C(=O)Nc3ccccc3Cl)CC2)cc1. The lowest BCUT2D eigenvalue weighted by atomic mass is 10.0. The van der Waals surface area contributed by atoms with Crippen molar-refractivity contribution in [2.45, 2.75) is 19.8 Å². The molecule has 0 bridgehead atoms. The topological polar surface area (TPSA) is 84.5 Å². The van der Waals surface area contributed by atoms with E-state index in [0.717, 1.165) is 0 Å². The molecule has 2 aromatic carbocycles. The van der Waals surface area contributed by atoms with E-state index in [4.69, 9.17) is 16.3 Å². The van der Waals surface area contributed by atoms with E-state index in [0.29, 0.717) is 41.4 Å². The number of benzene rings is 2. The Bertz CT molecular complexity index is 876. The summed E-state index contributed by atoms with van der Waals surface area (Å²) in [6.45, 7) is 2.02. The Morgan fingerprint density at radius 2 is 1.63 bits per heavy atom. The van der Waals surface area contributed by atoms with Gasteiger partial charge in [-0.15, -0.1) is 0 Å². The van der Waals surface area contributed by atoms with Crippen LogP contribution in [-0.2, 0) is 14.3 Å². The average molecular weight is 387 g/mol. The molecule has 2 amide bonds. The van der Waals surface area contributed by atoms with Gasteiger partial charge in [0.25, 0.3) is 0 Å². The first-order valence-corrected chi connectivity index (χ1v) is 8.99. The molecule has 27 heavy (non-hydrogen) atoms. The third-order valence-electron chi connectivity index (χ3n) is 4.40. The van der Waals surface area contributed by atoms with Gasteiger partial charge in [0.05, 0.1) is 22.9 Å². The molecule has 0 radical (unpaired) electrons. The lowest BCUT2D eigenvalue weighted by Gasteiger charge is -2.16. The monoisotopic (exact) mass is 386 g/mol. The van der Waals surface area contributed by atoms with E-state index in [1.165, 1.54) is 0 Å².